The third-order valence-corrected chi connectivity index (χ3v) is 2.22. The number of hydrogen-bond donors (Lipinski definition) is 0. The predicted octanol–water partition coefficient (Wildman–Crippen LogP) is -0.203. The van der Waals surface area contributed by atoms with Gasteiger partial charge in [0.05, 0.1) is 19.7 Å². The van der Waals surface area contributed by atoms with Crippen molar-refractivity contribution in [3.63, 3.8) is 0 Å². The topological polar surface area (TPSA) is 55.8 Å². The summed E-state index contributed by atoms with van der Waals surface area (Å²) >= 11 is 0. The van der Waals surface area contributed by atoms with Gasteiger partial charge in [0.25, 0.3) is 0 Å². The Morgan fingerprint density at radius 2 is 1.86 bits per heavy atom. The molecule has 0 radical (unpaired) electrons. The van der Waals surface area contributed by atoms with Gasteiger partial charge in [-0.15, -0.1) is 0 Å². The third kappa shape index (κ3) is 2.52. The molecule has 0 unspecified atom stereocenters. The molecule has 0 bridgehead atoms. The van der Waals surface area contributed by atoms with Crippen LogP contribution in [0.25, 0.3) is 0 Å². The molecule has 0 N–H and O–H groups in total. The smallest absolute Gasteiger partial charge is 0.327 e. The molecule has 1 aliphatic heterocycles. The average Bonchev–Trinajstić information content (AvgIpc) is 2.02. The summed E-state index contributed by atoms with van der Waals surface area (Å²) in [6.45, 7) is 4.59. The number of methoxy groups -OCH3 is 1. The minimum Gasteiger partial charge on any atom is -0.391 e. The molecule has 14 heavy (non-hydrogen) atoms. The van der Waals surface area contributed by atoms with E-state index in [-0.39, 0.29) is 18.6 Å². The van der Waals surface area contributed by atoms with Crippen LogP contribution in [0.4, 0.5) is 0 Å². The summed E-state index contributed by atoms with van der Waals surface area (Å²) in [6, 6.07) is 0. The highest BCUT2D eigenvalue weighted by molar-refractivity contribution is 5.90. The first-order chi connectivity index (χ1) is 6.45. The molecule has 80 valence electrons. The van der Waals surface area contributed by atoms with E-state index < -0.39 is 11.9 Å². The van der Waals surface area contributed by atoms with Crippen LogP contribution in [0, 0.1) is 0 Å². The molecule has 1 aliphatic rings. The largest absolute Gasteiger partial charge is 0.391 e. The molecule has 0 spiro atoms. The second-order valence-electron chi connectivity index (χ2n) is 3.95. The molecule has 1 saturated heterocycles. The van der Waals surface area contributed by atoms with Crippen molar-refractivity contribution in [3.8, 4) is 0 Å². The van der Waals surface area contributed by atoms with E-state index in [1.807, 2.05) is 13.8 Å². The summed E-state index contributed by atoms with van der Waals surface area (Å²) in [5, 5.41) is 0. The van der Waals surface area contributed by atoms with Crippen LogP contribution >= 0.6 is 0 Å². The van der Waals surface area contributed by atoms with Gasteiger partial charge in [-0.1, -0.05) is 0 Å². The first-order valence-corrected chi connectivity index (χ1v) is 4.43. The minimum absolute atomic E-state index is 0.141. The van der Waals surface area contributed by atoms with Crippen molar-refractivity contribution in [2.24, 2.45) is 0 Å². The summed E-state index contributed by atoms with van der Waals surface area (Å²) in [7, 11) is 1.59. The van der Waals surface area contributed by atoms with Gasteiger partial charge in [-0.3, -0.25) is 14.5 Å². The van der Waals surface area contributed by atoms with Crippen LogP contribution in [-0.2, 0) is 19.1 Å². The van der Waals surface area contributed by atoms with E-state index in [9.17, 15) is 9.59 Å². The standard InChI is InChI=1S/C9H15NO4/c1-9(2,6-13-3)10-4-7(11)14-8(12)5-10/h4-6H2,1-3H3. The van der Waals surface area contributed by atoms with Crippen LogP contribution in [0.3, 0.4) is 0 Å². The first-order valence-electron chi connectivity index (χ1n) is 4.43. The molecule has 5 heteroatoms. The van der Waals surface area contributed by atoms with E-state index in [2.05, 4.69) is 4.74 Å². The number of morpholine rings is 1. The van der Waals surface area contributed by atoms with Crippen molar-refractivity contribution in [2.75, 3.05) is 26.8 Å². The Morgan fingerprint density at radius 3 is 2.29 bits per heavy atom. The van der Waals surface area contributed by atoms with Crippen molar-refractivity contribution in [3.05, 3.63) is 0 Å². The van der Waals surface area contributed by atoms with E-state index in [4.69, 9.17) is 4.74 Å². The van der Waals surface area contributed by atoms with Crippen LogP contribution in [0.15, 0.2) is 0 Å². The number of cyclic esters (lactones) is 2. The van der Waals surface area contributed by atoms with Crippen LogP contribution in [0.5, 0.6) is 0 Å². The molecule has 0 saturated carbocycles. The highest BCUT2D eigenvalue weighted by atomic mass is 16.6. The predicted molar refractivity (Wildman–Crippen MR) is 48.6 cm³/mol. The summed E-state index contributed by atoms with van der Waals surface area (Å²) in [5.74, 6) is -0.990. The monoisotopic (exact) mass is 201 g/mol. The van der Waals surface area contributed by atoms with Crippen molar-refractivity contribution in [1.29, 1.82) is 0 Å². The lowest BCUT2D eigenvalue weighted by Gasteiger charge is -2.38. The quantitative estimate of drug-likeness (QED) is 0.467. The zero-order chi connectivity index (χ0) is 10.8. The Balaban J connectivity index is 2.67. The lowest BCUT2D eigenvalue weighted by molar-refractivity contribution is -0.170. The van der Waals surface area contributed by atoms with Crippen LogP contribution in [0.1, 0.15) is 13.8 Å². The Labute approximate surface area is 83.0 Å². The maximum atomic E-state index is 11.0. The molecule has 5 nitrogen and oxygen atoms in total. The fraction of sp³-hybridized carbons (Fsp3) is 0.778. The molecule has 0 aromatic rings. The second-order valence-corrected chi connectivity index (χ2v) is 3.95. The normalized spacial score (nSPS) is 19.6. The Morgan fingerprint density at radius 1 is 1.36 bits per heavy atom. The molecular formula is C9H15NO4. The van der Waals surface area contributed by atoms with Crippen molar-refractivity contribution >= 4 is 11.9 Å². The highest BCUT2D eigenvalue weighted by Gasteiger charge is 2.35. The average molecular weight is 201 g/mol. The zero-order valence-corrected chi connectivity index (χ0v) is 8.70. The number of nitrogens with zero attached hydrogens (tertiary/aromatic N) is 1. The number of carbonyl (C=O) groups excluding carboxylic acids is 2. The minimum atomic E-state index is -0.495. The van der Waals surface area contributed by atoms with Gasteiger partial charge in [-0.2, -0.15) is 0 Å². The van der Waals surface area contributed by atoms with Crippen molar-refractivity contribution in [2.45, 2.75) is 19.4 Å². The van der Waals surface area contributed by atoms with E-state index in [0.29, 0.717) is 6.61 Å². The molecule has 0 amide bonds. The van der Waals surface area contributed by atoms with E-state index in [1.54, 1.807) is 12.0 Å². The lowest BCUT2D eigenvalue weighted by atomic mass is 10.0. The van der Waals surface area contributed by atoms with E-state index in [1.165, 1.54) is 0 Å². The summed E-state index contributed by atoms with van der Waals surface area (Å²) in [4.78, 5) is 23.8. The molecule has 1 fully saturated rings. The number of rotatable bonds is 3. The van der Waals surface area contributed by atoms with Gasteiger partial charge >= 0.3 is 11.9 Å². The summed E-state index contributed by atoms with van der Waals surface area (Å²) in [6.07, 6.45) is 0. The SMILES string of the molecule is COCC(C)(C)N1CC(=O)OC(=O)C1. The van der Waals surface area contributed by atoms with Crippen LogP contribution < -0.4 is 0 Å². The fourth-order valence-electron chi connectivity index (χ4n) is 1.43. The van der Waals surface area contributed by atoms with Crippen LogP contribution in [-0.4, -0.2) is 49.2 Å². The molecule has 1 rings (SSSR count). The second kappa shape index (κ2) is 4.06. The van der Waals surface area contributed by atoms with Gasteiger partial charge < -0.3 is 9.47 Å². The fourth-order valence-corrected chi connectivity index (χ4v) is 1.43. The van der Waals surface area contributed by atoms with Gasteiger partial charge in [0, 0.05) is 12.6 Å². The van der Waals surface area contributed by atoms with Gasteiger partial charge in [0.1, 0.15) is 0 Å². The Bertz CT molecular complexity index is 233. The maximum Gasteiger partial charge on any atom is 0.327 e. The van der Waals surface area contributed by atoms with E-state index >= 15 is 0 Å². The molecule has 0 atom stereocenters. The first kappa shape index (κ1) is 11.1. The number of esters is 2. The molecule has 1 heterocycles. The summed E-state index contributed by atoms with van der Waals surface area (Å²) in [5.41, 5.74) is -0.330. The molecule has 0 aromatic heterocycles. The number of hydrogen-bond acceptors (Lipinski definition) is 5. The maximum absolute atomic E-state index is 11.0. The van der Waals surface area contributed by atoms with Gasteiger partial charge in [-0.05, 0) is 13.8 Å². The Hall–Kier alpha value is -0.940. The lowest BCUT2D eigenvalue weighted by Crippen LogP contribution is -2.55. The summed E-state index contributed by atoms with van der Waals surface area (Å²) < 4.78 is 9.45. The van der Waals surface area contributed by atoms with Crippen molar-refractivity contribution < 1.29 is 19.1 Å². The van der Waals surface area contributed by atoms with Gasteiger partial charge in [-0.25, -0.2) is 0 Å². The van der Waals surface area contributed by atoms with Crippen molar-refractivity contribution in [1.82, 2.24) is 4.90 Å². The molecule has 0 aliphatic carbocycles. The third-order valence-electron chi connectivity index (χ3n) is 2.22. The molecule has 0 aromatic carbocycles. The number of carbonyl (C=O) groups is 2. The van der Waals surface area contributed by atoms with E-state index in [0.717, 1.165) is 0 Å². The van der Waals surface area contributed by atoms with Crippen LogP contribution in [0.2, 0.25) is 0 Å². The molecular weight excluding hydrogens is 186 g/mol. The van der Waals surface area contributed by atoms with Gasteiger partial charge in [0.15, 0.2) is 0 Å². The number of ether oxygens (including phenoxy) is 2. The highest BCUT2D eigenvalue weighted by Crippen LogP contribution is 2.16. The Kier molecular flexibility index (Phi) is 3.23. The zero-order valence-electron chi connectivity index (χ0n) is 8.70. The van der Waals surface area contributed by atoms with Gasteiger partial charge in [0.2, 0.25) is 0 Å².